The maximum Gasteiger partial charge on any atom is 0.134 e. The SMILES string of the molecule is CCNC(c1cc2cc(C)ccc2o1)C(C)C(C)C. The summed E-state index contributed by atoms with van der Waals surface area (Å²) < 4.78 is 6.05. The van der Waals surface area contributed by atoms with Crippen molar-refractivity contribution in [3.05, 3.63) is 35.6 Å². The summed E-state index contributed by atoms with van der Waals surface area (Å²) in [7, 11) is 0. The van der Waals surface area contributed by atoms with Gasteiger partial charge in [0.1, 0.15) is 11.3 Å². The minimum atomic E-state index is 0.290. The molecule has 2 heteroatoms. The van der Waals surface area contributed by atoms with E-state index in [4.69, 9.17) is 4.42 Å². The number of fused-ring (bicyclic) bond motifs is 1. The fourth-order valence-electron chi connectivity index (χ4n) is 2.49. The molecule has 0 fully saturated rings. The fraction of sp³-hybridized carbons (Fsp3) is 0.529. The van der Waals surface area contributed by atoms with Crippen LogP contribution in [0.5, 0.6) is 0 Å². The second-order valence-corrected chi connectivity index (χ2v) is 5.83. The van der Waals surface area contributed by atoms with Crippen LogP contribution in [0.15, 0.2) is 28.7 Å². The number of hydrogen-bond donors (Lipinski definition) is 1. The van der Waals surface area contributed by atoms with E-state index in [2.05, 4.69) is 64.2 Å². The van der Waals surface area contributed by atoms with E-state index >= 15 is 0 Å². The molecule has 0 amide bonds. The second-order valence-electron chi connectivity index (χ2n) is 5.83. The van der Waals surface area contributed by atoms with Crippen LogP contribution in [0.25, 0.3) is 11.0 Å². The van der Waals surface area contributed by atoms with E-state index < -0.39 is 0 Å². The molecule has 1 N–H and O–H groups in total. The van der Waals surface area contributed by atoms with Crippen molar-refractivity contribution in [2.75, 3.05) is 6.54 Å². The third-order valence-electron chi connectivity index (χ3n) is 4.00. The average Bonchev–Trinajstić information content (AvgIpc) is 2.77. The standard InChI is InChI=1S/C17H25NO/c1-6-18-17(13(5)11(2)3)16-10-14-9-12(4)7-8-15(14)19-16/h7-11,13,17-18H,6H2,1-5H3. The normalized spacial score (nSPS) is 15.1. The van der Waals surface area contributed by atoms with Crippen molar-refractivity contribution in [3.8, 4) is 0 Å². The van der Waals surface area contributed by atoms with Gasteiger partial charge in [0.2, 0.25) is 0 Å². The highest BCUT2D eigenvalue weighted by Crippen LogP contribution is 2.32. The highest BCUT2D eigenvalue weighted by molar-refractivity contribution is 5.78. The van der Waals surface area contributed by atoms with Crippen LogP contribution in [-0.2, 0) is 0 Å². The van der Waals surface area contributed by atoms with Crippen LogP contribution in [0.2, 0.25) is 0 Å². The van der Waals surface area contributed by atoms with Gasteiger partial charge in [0.05, 0.1) is 6.04 Å². The molecular formula is C17H25NO. The van der Waals surface area contributed by atoms with E-state index in [9.17, 15) is 0 Å². The van der Waals surface area contributed by atoms with Crippen molar-refractivity contribution >= 4 is 11.0 Å². The minimum Gasteiger partial charge on any atom is -0.459 e. The Morgan fingerprint density at radius 2 is 1.89 bits per heavy atom. The number of furan rings is 1. The summed E-state index contributed by atoms with van der Waals surface area (Å²) in [6, 6.07) is 8.83. The number of nitrogens with one attached hydrogen (secondary N) is 1. The first-order chi connectivity index (χ1) is 9.02. The number of benzene rings is 1. The average molecular weight is 259 g/mol. The van der Waals surface area contributed by atoms with Crippen LogP contribution in [0.3, 0.4) is 0 Å². The maximum atomic E-state index is 6.05. The van der Waals surface area contributed by atoms with Crippen LogP contribution < -0.4 is 5.32 Å². The summed E-state index contributed by atoms with van der Waals surface area (Å²) in [4.78, 5) is 0. The van der Waals surface area contributed by atoms with Gasteiger partial charge in [-0.15, -0.1) is 0 Å². The maximum absolute atomic E-state index is 6.05. The van der Waals surface area contributed by atoms with Gasteiger partial charge in [-0.25, -0.2) is 0 Å². The topological polar surface area (TPSA) is 25.2 Å². The number of aryl methyl sites for hydroxylation is 1. The van der Waals surface area contributed by atoms with Gasteiger partial charge in [-0.3, -0.25) is 0 Å². The molecule has 0 aliphatic rings. The lowest BCUT2D eigenvalue weighted by Gasteiger charge is -2.25. The third kappa shape index (κ3) is 3.01. The van der Waals surface area contributed by atoms with Crippen molar-refractivity contribution < 1.29 is 4.42 Å². The van der Waals surface area contributed by atoms with Crippen LogP contribution in [0.4, 0.5) is 0 Å². The molecular weight excluding hydrogens is 234 g/mol. The summed E-state index contributed by atoms with van der Waals surface area (Å²) >= 11 is 0. The Morgan fingerprint density at radius 3 is 2.53 bits per heavy atom. The second kappa shape index (κ2) is 5.79. The first kappa shape index (κ1) is 14.1. The molecule has 19 heavy (non-hydrogen) atoms. The van der Waals surface area contributed by atoms with Gasteiger partial charge < -0.3 is 9.73 Å². The van der Waals surface area contributed by atoms with Crippen molar-refractivity contribution in [1.82, 2.24) is 5.32 Å². The van der Waals surface area contributed by atoms with Crippen molar-refractivity contribution in [2.45, 2.75) is 40.7 Å². The Labute approximate surface area is 116 Å². The van der Waals surface area contributed by atoms with Gasteiger partial charge in [0.25, 0.3) is 0 Å². The summed E-state index contributed by atoms with van der Waals surface area (Å²) in [6.07, 6.45) is 0. The number of hydrogen-bond acceptors (Lipinski definition) is 2. The number of rotatable bonds is 5. The van der Waals surface area contributed by atoms with E-state index in [0.717, 1.165) is 17.9 Å². The van der Waals surface area contributed by atoms with Gasteiger partial charge >= 0.3 is 0 Å². The van der Waals surface area contributed by atoms with Gasteiger partial charge in [-0.2, -0.15) is 0 Å². The van der Waals surface area contributed by atoms with Gasteiger partial charge in [-0.1, -0.05) is 39.3 Å². The molecule has 0 radical (unpaired) electrons. The van der Waals surface area contributed by atoms with E-state index in [0.29, 0.717) is 11.8 Å². The Bertz CT molecular complexity index is 541. The Balaban J connectivity index is 2.38. The van der Waals surface area contributed by atoms with Gasteiger partial charge in [-0.05, 0) is 43.5 Å². The quantitative estimate of drug-likeness (QED) is 0.843. The molecule has 104 valence electrons. The zero-order chi connectivity index (χ0) is 14.0. The van der Waals surface area contributed by atoms with Gasteiger partial charge in [0.15, 0.2) is 0 Å². The predicted octanol–water partition coefficient (Wildman–Crippen LogP) is 4.68. The lowest BCUT2D eigenvalue weighted by atomic mass is 9.89. The molecule has 1 aromatic carbocycles. The fourth-order valence-corrected chi connectivity index (χ4v) is 2.49. The van der Waals surface area contributed by atoms with Crippen molar-refractivity contribution in [2.24, 2.45) is 11.8 Å². The van der Waals surface area contributed by atoms with Crippen LogP contribution >= 0.6 is 0 Å². The molecule has 0 saturated heterocycles. The predicted molar refractivity (Wildman–Crippen MR) is 81.4 cm³/mol. The van der Waals surface area contributed by atoms with E-state index in [-0.39, 0.29) is 6.04 Å². The highest BCUT2D eigenvalue weighted by Gasteiger charge is 2.24. The zero-order valence-corrected chi connectivity index (χ0v) is 12.7. The summed E-state index contributed by atoms with van der Waals surface area (Å²) in [6.45, 7) is 12.0. The zero-order valence-electron chi connectivity index (χ0n) is 12.7. The minimum absolute atomic E-state index is 0.290. The Morgan fingerprint density at radius 1 is 1.16 bits per heavy atom. The molecule has 0 saturated carbocycles. The summed E-state index contributed by atoms with van der Waals surface area (Å²) in [5, 5.41) is 4.76. The molecule has 0 bridgehead atoms. The molecule has 2 nitrogen and oxygen atoms in total. The van der Waals surface area contributed by atoms with Gasteiger partial charge in [0, 0.05) is 5.39 Å². The molecule has 0 aliphatic heterocycles. The molecule has 2 unspecified atom stereocenters. The summed E-state index contributed by atoms with van der Waals surface area (Å²) in [5.74, 6) is 2.23. The smallest absolute Gasteiger partial charge is 0.134 e. The van der Waals surface area contributed by atoms with Crippen LogP contribution in [0, 0.1) is 18.8 Å². The lowest BCUT2D eigenvalue weighted by Crippen LogP contribution is -2.29. The first-order valence-electron chi connectivity index (χ1n) is 7.26. The molecule has 0 aliphatic carbocycles. The van der Waals surface area contributed by atoms with Crippen LogP contribution in [0.1, 0.15) is 45.1 Å². The van der Waals surface area contributed by atoms with E-state index in [1.165, 1.54) is 10.9 Å². The van der Waals surface area contributed by atoms with Crippen molar-refractivity contribution in [1.29, 1.82) is 0 Å². The molecule has 2 rings (SSSR count). The van der Waals surface area contributed by atoms with Crippen LogP contribution in [-0.4, -0.2) is 6.54 Å². The first-order valence-corrected chi connectivity index (χ1v) is 7.26. The lowest BCUT2D eigenvalue weighted by molar-refractivity contribution is 0.275. The summed E-state index contributed by atoms with van der Waals surface area (Å²) in [5.41, 5.74) is 2.26. The Kier molecular flexibility index (Phi) is 4.31. The molecule has 2 atom stereocenters. The molecule has 0 spiro atoms. The largest absolute Gasteiger partial charge is 0.459 e. The van der Waals surface area contributed by atoms with E-state index in [1.807, 2.05) is 0 Å². The highest BCUT2D eigenvalue weighted by atomic mass is 16.3. The molecule has 1 heterocycles. The third-order valence-corrected chi connectivity index (χ3v) is 4.00. The monoisotopic (exact) mass is 259 g/mol. The van der Waals surface area contributed by atoms with Crippen molar-refractivity contribution in [3.63, 3.8) is 0 Å². The molecule has 2 aromatic rings. The van der Waals surface area contributed by atoms with E-state index in [1.54, 1.807) is 0 Å². The Hall–Kier alpha value is -1.28. The molecule has 1 aromatic heterocycles.